The van der Waals surface area contributed by atoms with Crippen molar-refractivity contribution in [3.05, 3.63) is 22.1 Å². The van der Waals surface area contributed by atoms with Gasteiger partial charge in [0, 0.05) is 0 Å². The lowest BCUT2D eigenvalue weighted by Crippen LogP contribution is -2.19. The number of nitrogens with zero attached hydrogens (tertiary/aromatic N) is 1. The van der Waals surface area contributed by atoms with Crippen molar-refractivity contribution in [2.24, 2.45) is 0 Å². The standard InChI is InChI=1S/C7H2BrF6NO/c8-4-2(5(10)11)1-3(9)6(15-4)16-7(12,13)14/h1,5H. The zero-order chi connectivity index (χ0) is 12.5. The van der Waals surface area contributed by atoms with Crippen LogP contribution in [0.2, 0.25) is 0 Å². The minimum absolute atomic E-state index is 0.225. The first kappa shape index (κ1) is 13.1. The molecule has 0 aliphatic heterocycles. The van der Waals surface area contributed by atoms with E-state index in [9.17, 15) is 26.3 Å². The summed E-state index contributed by atoms with van der Waals surface area (Å²) >= 11 is 2.48. The number of hydrogen-bond donors (Lipinski definition) is 0. The fraction of sp³-hybridized carbons (Fsp3) is 0.286. The molecule has 0 aliphatic rings. The normalized spacial score (nSPS) is 12.0. The van der Waals surface area contributed by atoms with E-state index in [0.717, 1.165) is 0 Å². The maximum absolute atomic E-state index is 12.9. The van der Waals surface area contributed by atoms with Crippen molar-refractivity contribution in [3.8, 4) is 5.88 Å². The topological polar surface area (TPSA) is 22.1 Å². The summed E-state index contributed by atoms with van der Waals surface area (Å²) in [6, 6.07) is 0.225. The van der Waals surface area contributed by atoms with E-state index in [-0.39, 0.29) is 6.07 Å². The molecule has 0 atom stereocenters. The number of ether oxygens (including phenoxy) is 1. The van der Waals surface area contributed by atoms with E-state index in [0.29, 0.717) is 0 Å². The second kappa shape index (κ2) is 4.48. The van der Waals surface area contributed by atoms with Gasteiger partial charge in [0.05, 0.1) is 5.56 Å². The third-order valence-electron chi connectivity index (χ3n) is 1.37. The molecule has 0 bridgehead atoms. The van der Waals surface area contributed by atoms with Gasteiger partial charge in [0.15, 0.2) is 5.82 Å². The van der Waals surface area contributed by atoms with Crippen LogP contribution in [0.4, 0.5) is 26.3 Å². The molecule has 1 heterocycles. The Hall–Kier alpha value is -0.990. The summed E-state index contributed by atoms with van der Waals surface area (Å²) in [4.78, 5) is 2.90. The first-order valence-electron chi connectivity index (χ1n) is 3.60. The summed E-state index contributed by atoms with van der Waals surface area (Å²) < 4.78 is 75.0. The Morgan fingerprint density at radius 3 is 2.31 bits per heavy atom. The lowest BCUT2D eigenvalue weighted by molar-refractivity contribution is -0.277. The molecule has 0 aromatic carbocycles. The summed E-state index contributed by atoms with van der Waals surface area (Å²) in [6.07, 6.45) is -8.20. The molecule has 0 amide bonds. The lowest BCUT2D eigenvalue weighted by Gasteiger charge is -2.10. The summed E-state index contributed by atoms with van der Waals surface area (Å²) in [6.45, 7) is 0. The molecule has 1 aromatic rings. The molecule has 1 aromatic heterocycles. The zero-order valence-corrected chi connectivity index (χ0v) is 8.74. The van der Waals surface area contributed by atoms with Gasteiger partial charge in [-0.2, -0.15) is 0 Å². The Labute approximate surface area is 93.4 Å². The average Bonchev–Trinajstić information content (AvgIpc) is 2.07. The average molecular weight is 310 g/mol. The van der Waals surface area contributed by atoms with Crippen LogP contribution < -0.4 is 4.74 Å². The number of alkyl halides is 5. The van der Waals surface area contributed by atoms with Crippen molar-refractivity contribution >= 4 is 15.9 Å². The molecule has 0 fully saturated rings. The largest absolute Gasteiger partial charge is 0.574 e. The van der Waals surface area contributed by atoms with Crippen molar-refractivity contribution in [1.29, 1.82) is 0 Å². The maximum Gasteiger partial charge on any atom is 0.574 e. The van der Waals surface area contributed by atoms with E-state index >= 15 is 0 Å². The summed E-state index contributed by atoms with van der Waals surface area (Å²) in [5, 5.41) is 0. The highest BCUT2D eigenvalue weighted by atomic mass is 79.9. The summed E-state index contributed by atoms with van der Waals surface area (Å²) in [5.41, 5.74) is -0.855. The van der Waals surface area contributed by atoms with Gasteiger partial charge in [-0.3, -0.25) is 0 Å². The Kier molecular flexibility index (Phi) is 3.66. The van der Waals surface area contributed by atoms with Crippen molar-refractivity contribution in [1.82, 2.24) is 4.98 Å². The third-order valence-corrected chi connectivity index (χ3v) is 2.01. The Morgan fingerprint density at radius 2 is 1.88 bits per heavy atom. The highest BCUT2D eigenvalue weighted by molar-refractivity contribution is 9.10. The number of pyridine rings is 1. The molecule has 0 radical (unpaired) electrons. The molecule has 0 unspecified atom stereocenters. The van der Waals surface area contributed by atoms with Crippen molar-refractivity contribution in [2.45, 2.75) is 12.8 Å². The van der Waals surface area contributed by atoms with Gasteiger partial charge in [-0.15, -0.1) is 13.2 Å². The fourth-order valence-corrected chi connectivity index (χ4v) is 1.25. The van der Waals surface area contributed by atoms with Crippen LogP contribution in [0.5, 0.6) is 5.88 Å². The van der Waals surface area contributed by atoms with Crippen LogP contribution in [-0.4, -0.2) is 11.3 Å². The van der Waals surface area contributed by atoms with Crippen LogP contribution in [-0.2, 0) is 0 Å². The monoisotopic (exact) mass is 309 g/mol. The predicted molar refractivity (Wildman–Crippen MR) is 43.5 cm³/mol. The zero-order valence-electron chi connectivity index (χ0n) is 7.16. The SMILES string of the molecule is Fc1cc(C(F)F)c(Br)nc1OC(F)(F)F. The molecule has 0 saturated carbocycles. The first-order valence-corrected chi connectivity index (χ1v) is 4.40. The van der Waals surface area contributed by atoms with E-state index in [1.54, 1.807) is 0 Å². The van der Waals surface area contributed by atoms with Gasteiger partial charge >= 0.3 is 6.36 Å². The number of rotatable bonds is 2. The molecule has 0 N–H and O–H groups in total. The second-order valence-corrected chi connectivity index (χ2v) is 3.26. The molecule has 90 valence electrons. The van der Waals surface area contributed by atoms with Gasteiger partial charge in [0.2, 0.25) is 0 Å². The van der Waals surface area contributed by atoms with Crippen LogP contribution in [0.15, 0.2) is 10.7 Å². The minimum atomic E-state index is -5.14. The van der Waals surface area contributed by atoms with E-state index in [2.05, 4.69) is 25.7 Å². The number of halogens is 7. The van der Waals surface area contributed by atoms with Crippen LogP contribution in [0.3, 0.4) is 0 Å². The Balaban J connectivity index is 3.11. The van der Waals surface area contributed by atoms with Crippen molar-refractivity contribution in [2.75, 3.05) is 0 Å². The highest BCUT2D eigenvalue weighted by Gasteiger charge is 2.34. The van der Waals surface area contributed by atoms with Gasteiger partial charge < -0.3 is 4.74 Å². The van der Waals surface area contributed by atoms with Gasteiger partial charge in [-0.1, -0.05) is 0 Å². The van der Waals surface area contributed by atoms with Crippen LogP contribution in [0.25, 0.3) is 0 Å². The maximum atomic E-state index is 12.9. The van der Waals surface area contributed by atoms with E-state index in [4.69, 9.17) is 0 Å². The molecule has 0 saturated heterocycles. The molecule has 1 rings (SSSR count). The van der Waals surface area contributed by atoms with Crippen molar-refractivity contribution in [3.63, 3.8) is 0 Å². The lowest BCUT2D eigenvalue weighted by atomic mass is 10.3. The van der Waals surface area contributed by atoms with Crippen molar-refractivity contribution < 1.29 is 31.1 Å². The first-order chi connectivity index (χ1) is 7.20. The number of hydrogen-bond acceptors (Lipinski definition) is 2. The van der Waals surface area contributed by atoms with Crippen LogP contribution >= 0.6 is 15.9 Å². The van der Waals surface area contributed by atoms with Gasteiger partial charge in [0.25, 0.3) is 12.3 Å². The quantitative estimate of drug-likeness (QED) is 0.612. The predicted octanol–water partition coefficient (Wildman–Crippen LogP) is 3.82. The fourth-order valence-electron chi connectivity index (χ4n) is 0.799. The molecule has 0 spiro atoms. The van der Waals surface area contributed by atoms with E-state index in [1.807, 2.05) is 0 Å². The Bertz CT molecular complexity index is 393. The second-order valence-electron chi connectivity index (χ2n) is 2.50. The van der Waals surface area contributed by atoms with Gasteiger partial charge in [-0.25, -0.2) is 18.2 Å². The summed E-state index contributed by atoms with van der Waals surface area (Å²) in [5.74, 6) is -3.03. The third kappa shape index (κ3) is 3.26. The number of aromatic nitrogens is 1. The van der Waals surface area contributed by atoms with Crippen LogP contribution in [0.1, 0.15) is 12.0 Å². The molecule has 2 nitrogen and oxygen atoms in total. The van der Waals surface area contributed by atoms with E-state index < -0.39 is 34.7 Å². The van der Waals surface area contributed by atoms with Crippen LogP contribution in [0, 0.1) is 5.82 Å². The molecular weight excluding hydrogens is 308 g/mol. The molecule has 9 heteroatoms. The molecular formula is C7H2BrF6NO. The molecule has 16 heavy (non-hydrogen) atoms. The Morgan fingerprint density at radius 1 is 1.31 bits per heavy atom. The molecule has 0 aliphatic carbocycles. The van der Waals surface area contributed by atoms with Gasteiger partial charge in [0.1, 0.15) is 4.60 Å². The smallest absolute Gasteiger partial charge is 0.385 e. The van der Waals surface area contributed by atoms with Gasteiger partial charge in [-0.05, 0) is 22.0 Å². The highest BCUT2D eigenvalue weighted by Crippen LogP contribution is 2.31. The minimum Gasteiger partial charge on any atom is -0.385 e. The summed E-state index contributed by atoms with van der Waals surface area (Å²) in [7, 11) is 0. The van der Waals surface area contributed by atoms with E-state index in [1.165, 1.54) is 0 Å².